The lowest BCUT2D eigenvalue weighted by molar-refractivity contribution is -0.142. The second-order valence-corrected chi connectivity index (χ2v) is 8.11. The molecule has 178 valence electrons. The molecule has 0 fully saturated rings. The lowest BCUT2D eigenvalue weighted by Crippen LogP contribution is -2.60. The minimum atomic E-state index is -1.52. The van der Waals surface area contributed by atoms with E-state index in [1.54, 1.807) is 0 Å². The number of hydrogen-bond acceptors (Lipinski definition) is 9. The minimum absolute atomic E-state index is 0.162. The van der Waals surface area contributed by atoms with Crippen molar-refractivity contribution in [1.82, 2.24) is 16.0 Å². The summed E-state index contributed by atoms with van der Waals surface area (Å²) in [5.74, 6) is -4.10. The summed E-state index contributed by atoms with van der Waals surface area (Å²) in [5.41, 5.74) is 10.9. The monoisotopic (exact) mass is 481 g/mol. The Kier molecular flexibility index (Phi) is 13.9. The van der Waals surface area contributed by atoms with E-state index in [1.807, 2.05) is 6.26 Å². The van der Waals surface area contributed by atoms with Gasteiger partial charge in [-0.25, -0.2) is 4.79 Å². The number of carboxylic acid groups (broad SMARTS) is 1. The average molecular weight is 482 g/mol. The molecule has 0 aliphatic heterocycles. The summed E-state index contributed by atoms with van der Waals surface area (Å²) >= 11 is 5.32. The smallest absolute Gasteiger partial charge is 0.327 e. The van der Waals surface area contributed by atoms with Crippen molar-refractivity contribution in [2.75, 3.05) is 17.8 Å². The Morgan fingerprint density at radius 3 is 2.03 bits per heavy atom. The molecule has 0 aromatic rings. The van der Waals surface area contributed by atoms with Crippen LogP contribution in [0.4, 0.5) is 0 Å². The van der Waals surface area contributed by atoms with Gasteiger partial charge in [-0.2, -0.15) is 24.4 Å². The Hall–Kier alpha value is -2.03. The van der Waals surface area contributed by atoms with Crippen molar-refractivity contribution < 1.29 is 34.2 Å². The molecule has 0 aliphatic carbocycles. The largest absolute Gasteiger partial charge is 0.480 e. The van der Waals surface area contributed by atoms with Gasteiger partial charge < -0.3 is 37.6 Å². The van der Waals surface area contributed by atoms with E-state index in [0.29, 0.717) is 12.2 Å². The van der Waals surface area contributed by atoms with Gasteiger partial charge in [0.2, 0.25) is 23.6 Å². The Morgan fingerprint density at radius 2 is 1.58 bits per heavy atom. The van der Waals surface area contributed by atoms with Crippen molar-refractivity contribution in [2.24, 2.45) is 11.5 Å². The number of aliphatic hydroxyl groups excluding tert-OH is 1. The fourth-order valence-corrected chi connectivity index (χ4v) is 3.05. The molecule has 0 spiro atoms. The quantitative estimate of drug-likeness (QED) is 0.113. The molecule has 0 saturated carbocycles. The molecule has 0 heterocycles. The number of carboxylic acids is 1. The van der Waals surface area contributed by atoms with E-state index in [-0.39, 0.29) is 18.6 Å². The maximum atomic E-state index is 12.7. The van der Waals surface area contributed by atoms with E-state index in [1.165, 1.54) is 18.7 Å². The highest BCUT2D eigenvalue weighted by Crippen LogP contribution is 2.04. The fourth-order valence-electron chi connectivity index (χ4n) is 2.32. The van der Waals surface area contributed by atoms with Crippen LogP contribution < -0.4 is 27.4 Å². The van der Waals surface area contributed by atoms with Crippen LogP contribution in [0, 0.1) is 0 Å². The van der Waals surface area contributed by atoms with Gasteiger partial charge in [0.05, 0.1) is 12.1 Å². The van der Waals surface area contributed by atoms with Crippen molar-refractivity contribution in [3.8, 4) is 0 Å². The maximum absolute atomic E-state index is 12.7. The number of thiol groups is 1. The van der Waals surface area contributed by atoms with Crippen LogP contribution in [0.15, 0.2) is 0 Å². The van der Waals surface area contributed by atoms with Crippen molar-refractivity contribution in [1.29, 1.82) is 0 Å². The molecular formula is C17H31N5O7S2. The lowest BCUT2D eigenvalue weighted by atomic mass is 10.1. The van der Waals surface area contributed by atoms with Crippen molar-refractivity contribution in [3.05, 3.63) is 0 Å². The van der Waals surface area contributed by atoms with Crippen molar-refractivity contribution >= 4 is 54.0 Å². The number of nitrogens with one attached hydrogen (secondary N) is 3. The van der Waals surface area contributed by atoms with Crippen LogP contribution >= 0.6 is 24.4 Å². The zero-order valence-electron chi connectivity index (χ0n) is 17.4. The molecule has 0 aromatic carbocycles. The van der Waals surface area contributed by atoms with Gasteiger partial charge in [-0.15, -0.1) is 0 Å². The third kappa shape index (κ3) is 11.2. The van der Waals surface area contributed by atoms with Crippen LogP contribution in [-0.4, -0.2) is 87.8 Å². The molecule has 5 unspecified atom stereocenters. The summed E-state index contributed by atoms with van der Waals surface area (Å²) in [5, 5.41) is 25.8. The van der Waals surface area contributed by atoms with E-state index >= 15 is 0 Å². The van der Waals surface area contributed by atoms with Crippen LogP contribution in [0.5, 0.6) is 0 Å². The Labute approximate surface area is 190 Å². The highest BCUT2D eigenvalue weighted by Gasteiger charge is 2.32. The highest BCUT2D eigenvalue weighted by atomic mass is 32.2. The minimum Gasteiger partial charge on any atom is -0.480 e. The number of hydrogen-bond donors (Lipinski definition) is 8. The second-order valence-electron chi connectivity index (χ2n) is 6.76. The predicted octanol–water partition coefficient (Wildman–Crippen LogP) is -2.82. The number of nitrogens with two attached hydrogens (primary N) is 2. The Morgan fingerprint density at radius 1 is 1.00 bits per heavy atom. The average Bonchev–Trinajstić information content (AvgIpc) is 2.69. The SMILES string of the molecule is CSCCC(N)C(=O)NC(CCC(N)=O)C(=O)NC(C(=O)NC(CS)C(=O)O)C(C)O. The number of rotatable bonds is 15. The third-order valence-electron chi connectivity index (χ3n) is 4.14. The first kappa shape index (κ1) is 29.0. The van der Waals surface area contributed by atoms with Crippen LogP contribution in [-0.2, 0) is 24.0 Å². The number of aliphatic hydroxyl groups is 1. The van der Waals surface area contributed by atoms with E-state index in [9.17, 15) is 29.1 Å². The van der Waals surface area contributed by atoms with Crippen molar-refractivity contribution in [2.45, 2.75) is 56.5 Å². The summed E-state index contributed by atoms with van der Waals surface area (Å²) in [6.07, 6.45) is 0.415. The van der Waals surface area contributed by atoms with Gasteiger partial charge >= 0.3 is 5.97 Å². The molecule has 0 rings (SSSR count). The number of amides is 4. The molecule has 12 nitrogen and oxygen atoms in total. The number of thioether (sulfide) groups is 1. The van der Waals surface area contributed by atoms with E-state index in [4.69, 9.17) is 16.6 Å². The highest BCUT2D eigenvalue weighted by molar-refractivity contribution is 7.98. The van der Waals surface area contributed by atoms with Gasteiger partial charge in [0.1, 0.15) is 18.1 Å². The third-order valence-corrected chi connectivity index (χ3v) is 5.15. The molecule has 31 heavy (non-hydrogen) atoms. The molecule has 9 N–H and O–H groups in total. The van der Waals surface area contributed by atoms with E-state index in [0.717, 1.165) is 0 Å². The first-order valence-electron chi connectivity index (χ1n) is 9.40. The summed E-state index contributed by atoms with van der Waals surface area (Å²) < 4.78 is 0. The van der Waals surface area contributed by atoms with E-state index in [2.05, 4.69) is 28.6 Å². The Bertz CT molecular complexity index is 650. The molecule has 4 amide bonds. The number of aliphatic carboxylic acids is 1. The summed E-state index contributed by atoms with van der Waals surface area (Å²) in [4.78, 5) is 59.5. The Balaban J connectivity index is 5.35. The summed E-state index contributed by atoms with van der Waals surface area (Å²) in [6.45, 7) is 1.22. The zero-order chi connectivity index (χ0) is 24.1. The summed E-state index contributed by atoms with van der Waals surface area (Å²) in [7, 11) is 0. The van der Waals surface area contributed by atoms with E-state index < -0.39 is 59.9 Å². The molecule has 0 aliphatic rings. The van der Waals surface area contributed by atoms with Gasteiger partial charge in [-0.1, -0.05) is 0 Å². The molecule has 14 heteroatoms. The van der Waals surface area contributed by atoms with Gasteiger partial charge in [-0.3, -0.25) is 19.2 Å². The van der Waals surface area contributed by atoms with Crippen LogP contribution in [0.1, 0.15) is 26.2 Å². The molecule has 5 atom stereocenters. The predicted molar refractivity (Wildman–Crippen MR) is 118 cm³/mol. The second kappa shape index (κ2) is 14.9. The van der Waals surface area contributed by atoms with Gasteiger partial charge in [0, 0.05) is 12.2 Å². The number of primary amides is 1. The van der Waals surface area contributed by atoms with Crippen molar-refractivity contribution in [3.63, 3.8) is 0 Å². The normalized spacial score (nSPS) is 15.6. The van der Waals surface area contributed by atoms with Gasteiger partial charge in [0.25, 0.3) is 0 Å². The van der Waals surface area contributed by atoms with Gasteiger partial charge in [0.15, 0.2) is 0 Å². The first-order chi connectivity index (χ1) is 14.4. The number of carbonyl (C=O) groups is 5. The zero-order valence-corrected chi connectivity index (χ0v) is 19.1. The molecule has 0 saturated heterocycles. The molecule has 0 radical (unpaired) electrons. The topological polar surface area (TPSA) is 214 Å². The standard InChI is InChI=1S/C17H31N5O7S2/c1-8(23)13(16(27)21-11(7-30)17(28)29)22-15(26)10(3-4-12(19)24)20-14(25)9(18)5-6-31-2/h8-11,13,23,30H,3-7,18H2,1-2H3,(H2,19,24)(H,20,25)(H,21,27)(H,22,26)(H,28,29). The molecular weight excluding hydrogens is 450 g/mol. The van der Waals surface area contributed by atoms with Crippen LogP contribution in [0.2, 0.25) is 0 Å². The van der Waals surface area contributed by atoms with Crippen LogP contribution in [0.3, 0.4) is 0 Å². The van der Waals surface area contributed by atoms with Crippen LogP contribution in [0.25, 0.3) is 0 Å². The number of carbonyl (C=O) groups excluding carboxylic acids is 4. The molecule has 0 bridgehead atoms. The first-order valence-corrected chi connectivity index (χ1v) is 11.4. The fraction of sp³-hybridized carbons (Fsp3) is 0.706. The molecule has 0 aromatic heterocycles. The lowest BCUT2D eigenvalue weighted by Gasteiger charge is -2.26. The summed E-state index contributed by atoms with van der Waals surface area (Å²) in [6, 6.07) is -5.01. The van der Waals surface area contributed by atoms with Gasteiger partial charge in [-0.05, 0) is 31.8 Å². The maximum Gasteiger partial charge on any atom is 0.327 e.